The maximum Gasteiger partial charge on any atom is 0.331 e. The Hall–Kier alpha value is -0.420. The third-order valence-corrected chi connectivity index (χ3v) is 2.74. The minimum atomic E-state index is -1.08. The number of carbonyl (C=O) groups is 1. The maximum absolute atomic E-state index is 10.5. The van der Waals surface area contributed by atoms with Crippen LogP contribution in [0.3, 0.4) is 0 Å². The van der Waals surface area contributed by atoms with Gasteiger partial charge in [0.05, 0.1) is 0 Å². The molecule has 0 saturated heterocycles. The van der Waals surface area contributed by atoms with Gasteiger partial charge in [0.25, 0.3) is 0 Å². The fourth-order valence-corrected chi connectivity index (χ4v) is 2.23. The lowest BCUT2D eigenvalue weighted by Gasteiger charge is -2.06. The molecule has 76 valence electrons. The summed E-state index contributed by atoms with van der Waals surface area (Å²) in [5, 5.41) is 8.47. The Morgan fingerprint density at radius 1 is 1.36 bits per heavy atom. The number of hydrogen-bond acceptors (Lipinski definition) is 3. The average Bonchev–Trinajstić information content (AvgIpc) is 2.01. The summed E-state index contributed by atoms with van der Waals surface area (Å²) in [6, 6.07) is 4.79. The molecule has 1 aromatic carbocycles. The van der Waals surface area contributed by atoms with Gasteiger partial charge in [-0.1, -0.05) is 35.0 Å². The van der Waals surface area contributed by atoms with Crippen molar-refractivity contribution in [3.63, 3.8) is 0 Å². The van der Waals surface area contributed by atoms with Crippen molar-refractivity contribution in [1.82, 2.24) is 0 Å². The number of carboxylic acids is 1. The number of aliphatic carboxylic acids is 1. The van der Waals surface area contributed by atoms with E-state index in [-0.39, 0.29) is 0 Å². The predicted molar refractivity (Wildman–Crippen MR) is 57.9 cm³/mol. The Morgan fingerprint density at radius 2 is 1.86 bits per heavy atom. The Balaban J connectivity index is 2.81. The molecule has 0 spiro atoms. The van der Waals surface area contributed by atoms with E-state index in [1.165, 1.54) is 0 Å². The lowest BCUT2D eigenvalue weighted by Crippen LogP contribution is -2.25. The number of thioether (sulfide) groups is 1. The summed E-state index contributed by atoms with van der Waals surface area (Å²) in [6.07, 6.45) is 0. The zero-order valence-electron chi connectivity index (χ0n) is 6.91. The molecule has 0 aromatic heterocycles. The van der Waals surface area contributed by atoms with Crippen LogP contribution in [0.25, 0.3) is 0 Å². The van der Waals surface area contributed by atoms with Crippen LogP contribution in [0.2, 0.25) is 10.0 Å². The SMILES string of the molecule is NC(Sc1cc(Cl)cc(Cl)c1)C(=O)O. The molecule has 3 nitrogen and oxygen atoms in total. The highest BCUT2D eigenvalue weighted by Gasteiger charge is 2.13. The van der Waals surface area contributed by atoms with E-state index in [0.717, 1.165) is 11.8 Å². The summed E-state index contributed by atoms with van der Waals surface area (Å²) in [6.45, 7) is 0. The van der Waals surface area contributed by atoms with Crippen molar-refractivity contribution in [1.29, 1.82) is 0 Å². The number of benzene rings is 1. The van der Waals surface area contributed by atoms with Gasteiger partial charge >= 0.3 is 5.97 Å². The molecule has 1 aromatic rings. The predicted octanol–water partition coefficient (Wildman–Crippen LogP) is 2.45. The van der Waals surface area contributed by atoms with Gasteiger partial charge in [0, 0.05) is 14.9 Å². The number of carboxylic acid groups (broad SMARTS) is 1. The van der Waals surface area contributed by atoms with E-state index in [9.17, 15) is 4.79 Å². The molecule has 0 bridgehead atoms. The number of nitrogens with two attached hydrogens (primary N) is 1. The molecule has 0 radical (unpaired) electrons. The van der Waals surface area contributed by atoms with Crippen LogP contribution in [-0.2, 0) is 4.79 Å². The second-order valence-electron chi connectivity index (χ2n) is 2.48. The van der Waals surface area contributed by atoms with Gasteiger partial charge in [-0.2, -0.15) is 0 Å². The van der Waals surface area contributed by atoms with E-state index in [1.807, 2.05) is 0 Å². The van der Waals surface area contributed by atoms with Gasteiger partial charge in [0.1, 0.15) is 0 Å². The van der Waals surface area contributed by atoms with Gasteiger partial charge < -0.3 is 10.8 Å². The fraction of sp³-hybridized carbons (Fsp3) is 0.125. The van der Waals surface area contributed by atoms with E-state index >= 15 is 0 Å². The molecule has 0 fully saturated rings. The van der Waals surface area contributed by atoms with Crippen LogP contribution in [0, 0.1) is 0 Å². The molecule has 0 aliphatic heterocycles. The number of halogens is 2. The minimum absolute atomic E-state index is 0.456. The second kappa shape index (κ2) is 4.89. The monoisotopic (exact) mass is 251 g/mol. The Bertz CT molecular complexity index is 339. The lowest BCUT2D eigenvalue weighted by atomic mass is 10.4. The molecule has 0 saturated carbocycles. The molecule has 1 rings (SSSR count). The molecule has 3 N–H and O–H groups in total. The van der Waals surface area contributed by atoms with E-state index in [0.29, 0.717) is 14.9 Å². The van der Waals surface area contributed by atoms with Gasteiger partial charge in [-0.15, -0.1) is 0 Å². The first-order chi connectivity index (χ1) is 6.49. The van der Waals surface area contributed by atoms with Crippen molar-refractivity contribution < 1.29 is 9.90 Å². The van der Waals surface area contributed by atoms with Crippen molar-refractivity contribution in [3.05, 3.63) is 28.2 Å². The van der Waals surface area contributed by atoms with Gasteiger partial charge in [0.15, 0.2) is 5.37 Å². The summed E-state index contributed by atoms with van der Waals surface area (Å²) >= 11 is 12.4. The Kier molecular flexibility index (Phi) is 4.07. The molecule has 0 aliphatic carbocycles. The van der Waals surface area contributed by atoms with Crippen molar-refractivity contribution in [2.75, 3.05) is 0 Å². The summed E-state index contributed by atoms with van der Waals surface area (Å²) < 4.78 is 0. The fourth-order valence-electron chi connectivity index (χ4n) is 0.794. The lowest BCUT2D eigenvalue weighted by molar-refractivity contribution is -0.136. The van der Waals surface area contributed by atoms with Crippen molar-refractivity contribution >= 4 is 40.9 Å². The van der Waals surface area contributed by atoms with E-state index < -0.39 is 11.3 Å². The minimum Gasteiger partial charge on any atom is -0.479 e. The molecule has 0 aliphatic rings. The molecular weight excluding hydrogens is 245 g/mol. The van der Waals surface area contributed by atoms with Crippen LogP contribution in [0.15, 0.2) is 23.1 Å². The van der Waals surface area contributed by atoms with Gasteiger partial charge in [-0.3, -0.25) is 0 Å². The van der Waals surface area contributed by atoms with E-state index in [1.54, 1.807) is 18.2 Å². The third kappa shape index (κ3) is 3.38. The standard InChI is InChI=1S/C8H7Cl2NO2S/c9-4-1-5(10)3-6(2-4)14-7(11)8(12)13/h1-3,7H,11H2,(H,12,13). The quantitative estimate of drug-likeness (QED) is 0.640. The van der Waals surface area contributed by atoms with Crippen molar-refractivity contribution in [2.45, 2.75) is 10.3 Å². The molecular formula is C8H7Cl2NO2S. The maximum atomic E-state index is 10.5. The van der Waals surface area contributed by atoms with Crippen LogP contribution in [0.4, 0.5) is 0 Å². The van der Waals surface area contributed by atoms with E-state index in [4.69, 9.17) is 34.0 Å². The average molecular weight is 252 g/mol. The molecule has 6 heteroatoms. The smallest absolute Gasteiger partial charge is 0.331 e. The normalized spacial score (nSPS) is 12.5. The van der Waals surface area contributed by atoms with Gasteiger partial charge in [0.2, 0.25) is 0 Å². The van der Waals surface area contributed by atoms with Crippen LogP contribution in [0.1, 0.15) is 0 Å². The van der Waals surface area contributed by atoms with Crippen molar-refractivity contribution in [2.24, 2.45) is 5.73 Å². The topological polar surface area (TPSA) is 63.3 Å². The number of hydrogen-bond donors (Lipinski definition) is 2. The highest BCUT2D eigenvalue weighted by Crippen LogP contribution is 2.27. The van der Waals surface area contributed by atoms with Gasteiger partial charge in [-0.25, -0.2) is 4.79 Å². The third-order valence-electron chi connectivity index (χ3n) is 1.34. The van der Waals surface area contributed by atoms with Crippen LogP contribution in [-0.4, -0.2) is 16.4 Å². The zero-order valence-corrected chi connectivity index (χ0v) is 9.23. The second-order valence-corrected chi connectivity index (χ2v) is 4.57. The summed E-state index contributed by atoms with van der Waals surface area (Å²) in [5.41, 5.74) is 5.33. The molecule has 0 amide bonds. The largest absolute Gasteiger partial charge is 0.479 e. The summed E-state index contributed by atoms with van der Waals surface area (Å²) in [4.78, 5) is 11.1. The molecule has 14 heavy (non-hydrogen) atoms. The first kappa shape index (κ1) is 11.7. The first-order valence-corrected chi connectivity index (χ1v) is 5.24. The van der Waals surface area contributed by atoms with Gasteiger partial charge in [-0.05, 0) is 18.2 Å². The zero-order chi connectivity index (χ0) is 10.7. The van der Waals surface area contributed by atoms with Crippen LogP contribution >= 0.6 is 35.0 Å². The molecule has 1 unspecified atom stereocenters. The first-order valence-electron chi connectivity index (χ1n) is 3.60. The highest BCUT2D eigenvalue weighted by molar-refractivity contribution is 8.00. The Labute approximate surface area is 95.2 Å². The summed E-state index contributed by atoms with van der Waals surface area (Å²) in [7, 11) is 0. The highest BCUT2D eigenvalue weighted by atomic mass is 35.5. The van der Waals surface area contributed by atoms with Crippen LogP contribution in [0.5, 0.6) is 0 Å². The molecule has 1 atom stereocenters. The van der Waals surface area contributed by atoms with E-state index in [2.05, 4.69) is 0 Å². The van der Waals surface area contributed by atoms with Crippen molar-refractivity contribution in [3.8, 4) is 0 Å². The number of rotatable bonds is 3. The molecule has 0 heterocycles. The summed E-state index contributed by atoms with van der Waals surface area (Å²) in [5.74, 6) is -1.08. The van der Waals surface area contributed by atoms with Crippen LogP contribution < -0.4 is 5.73 Å². The Morgan fingerprint density at radius 3 is 2.29 bits per heavy atom.